The summed E-state index contributed by atoms with van der Waals surface area (Å²) in [4.78, 5) is 2.28. The predicted molar refractivity (Wildman–Crippen MR) is 77.9 cm³/mol. The summed E-state index contributed by atoms with van der Waals surface area (Å²) >= 11 is 0. The van der Waals surface area contributed by atoms with Crippen LogP contribution in [0.1, 0.15) is 26.3 Å². The highest BCUT2D eigenvalue weighted by Crippen LogP contribution is 2.31. The molecule has 1 saturated heterocycles. The van der Waals surface area contributed by atoms with Crippen molar-refractivity contribution in [2.24, 2.45) is 0 Å². The molecule has 106 valence electrons. The predicted octanol–water partition coefficient (Wildman–Crippen LogP) is 2.69. The Hall–Kier alpha value is -1.06. The average Bonchev–Trinajstić information content (AvgIpc) is 2.36. The van der Waals surface area contributed by atoms with Crippen LogP contribution in [0.5, 0.6) is 5.75 Å². The maximum Gasteiger partial charge on any atom is 0.123 e. The zero-order valence-corrected chi connectivity index (χ0v) is 12.5. The van der Waals surface area contributed by atoms with Crippen molar-refractivity contribution >= 4 is 0 Å². The molecule has 0 amide bonds. The number of likely N-dealkylation sites (N-methyl/N-ethyl adjacent to an activating group) is 1. The summed E-state index contributed by atoms with van der Waals surface area (Å²) < 4.78 is 11.7. The molecule has 0 bridgehead atoms. The SMILES string of the molecule is CN1CCOC(COc2ccccc2C(C)(C)C)C1. The van der Waals surface area contributed by atoms with Crippen LogP contribution in [0, 0.1) is 0 Å². The zero-order valence-electron chi connectivity index (χ0n) is 12.5. The number of hydrogen-bond donors (Lipinski definition) is 0. The smallest absolute Gasteiger partial charge is 0.123 e. The largest absolute Gasteiger partial charge is 0.491 e. The number of morpholine rings is 1. The molecule has 1 aliphatic rings. The van der Waals surface area contributed by atoms with Crippen molar-refractivity contribution in [1.29, 1.82) is 0 Å². The first-order valence-electron chi connectivity index (χ1n) is 6.99. The molecule has 1 unspecified atom stereocenters. The molecular formula is C16H25NO2. The Morgan fingerprint density at radius 1 is 1.32 bits per heavy atom. The minimum atomic E-state index is 0.0980. The van der Waals surface area contributed by atoms with Gasteiger partial charge in [-0.25, -0.2) is 0 Å². The van der Waals surface area contributed by atoms with Gasteiger partial charge in [-0.05, 0) is 24.1 Å². The van der Waals surface area contributed by atoms with Gasteiger partial charge < -0.3 is 14.4 Å². The highest BCUT2D eigenvalue weighted by Gasteiger charge is 2.21. The molecule has 1 atom stereocenters. The maximum atomic E-state index is 6.00. The number of rotatable bonds is 3. The second-order valence-electron chi connectivity index (χ2n) is 6.31. The molecule has 1 heterocycles. The van der Waals surface area contributed by atoms with E-state index in [1.807, 2.05) is 12.1 Å². The van der Waals surface area contributed by atoms with Crippen LogP contribution in [0.3, 0.4) is 0 Å². The van der Waals surface area contributed by atoms with Gasteiger partial charge in [-0.2, -0.15) is 0 Å². The van der Waals surface area contributed by atoms with Gasteiger partial charge in [-0.3, -0.25) is 0 Å². The maximum absolute atomic E-state index is 6.00. The molecule has 0 saturated carbocycles. The van der Waals surface area contributed by atoms with Crippen LogP contribution < -0.4 is 4.74 Å². The van der Waals surface area contributed by atoms with Crippen LogP contribution in [0.4, 0.5) is 0 Å². The number of hydrogen-bond acceptors (Lipinski definition) is 3. The summed E-state index contributed by atoms with van der Waals surface area (Å²) in [6, 6.07) is 8.28. The lowest BCUT2D eigenvalue weighted by molar-refractivity contribution is -0.0405. The fourth-order valence-corrected chi connectivity index (χ4v) is 2.36. The van der Waals surface area contributed by atoms with Crippen molar-refractivity contribution in [2.45, 2.75) is 32.3 Å². The monoisotopic (exact) mass is 263 g/mol. The van der Waals surface area contributed by atoms with E-state index in [-0.39, 0.29) is 11.5 Å². The molecule has 0 N–H and O–H groups in total. The Balaban J connectivity index is 1.99. The number of para-hydroxylation sites is 1. The number of benzene rings is 1. The Kier molecular flexibility index (Phi) is 4.48. The molecule has 0 spiro atoms. The second kappa shape index (κ2) is 5.93. The van der Waals surface area contributed by atoms with Crippen molar-refractivity contribution < 1.29 is 9.47 Å². The Bertz CT molecular complexity index is 411. The van der Waals surface area contributed by atoms with E-state index in [0.29, 0.717) is 6.61 Å². The molecule has 1 aromatic rings. The lowest BCUT2D eigenvalue weighted by Gasteiger charge is -2.30. The fraction of sp³-hybridized carbons (Fsp3) is 0.625. The van der Waals surface area contributed by atoms with E-state index in [2.05, 4.69) is 44.9 Å². The van der Waals surface area contributed by atoms with Crippen LogP contribution in [-0.4, -0.2) is 44.4 Å². The van der Waals surface area contributed by atoms with Crippen molar-refractivity contribution in [3.05, 3.63) is 29.8 Å². The van der Waals surface area contributed by atoms with Crippen molar-refractivity contribution in [2.75, 3.05) is 33.4 Å². The van der Waals surface area contributed by atoms with Crippen molar-refractivity contribution in [3.63, 3.8) is 0 Å². The van der Waals surface area contributed by atoms with E-state index >= 15 is 0 Å². The van der Waals surface area contributed by atoms with Gasteiger partial charge in [0, 0.05) is 13.1 Å². The Morgan fingerprint density at radius 3 is 2.74 bits per heavy atom. The van der Waals surface area contributed by atoms with Crippen molar-refractivity contribution in [1.82, 2.24) is 4.90 Å². The molecule has 0 aliphatic carbocycles. The lowest BCUT2D eigenvalue weighted by atomic mass is 9.86. The summed E-state index contributed by atoms with van der Waals surface area (Å²) in [6.07, 6.45) is 0.173. The Morgan fingerprint density at radius 2 is 2.05 bits per heavy atom. The first-order valence-corrected chi connectivity index (χ1v) is 6.99. The molecule has 2 rings (SSSR count). The van der Waals surface area contributed by atoms with Crippen LogP contribution in [0.15, 0.2) is 24.3 Å². The van der Waals surface area contributed by atoms with Gasteiger partial charge in [0.05, 0.1) is 6.61 Å². The first kappa shape index (κ1) is 14.4. The third-order valence-electron chi connectivity index (χ3n) is 3.46. The fourth-order valence-electron chi connectivity index (χ4n) is 2.36. The summed E-state index contributed by atoms with van der Waals surface area (Å²) in [5.74, 6) is 0.979. The van der Waals surface area contributed by atoms with Crippen LogP contribution in [0.25, 0.3) is 0 Å². The topological polar surface area (TPSA) is 21.7 Å². The van der Waals surface area contributed by atoms with Crippen molar-refractivity contribution in [3.8, 4) is 5.75 Å². The lowest BCUT2D eigenvalue weighted by Crippen LogP contribution is -2.42. The molecule has 3 nitrogen and oxygen atoms in total. The second-order valence-corrected chi connectivity index (χ2v) is 6.31. The molecule has 1 aliphatic heterocycles. The molecular weight excluding hydrogens is 238 g/mol. The highest BCUT2D eigenvalue weighted by atomic mass is 16.5. The van der Waals surface area contributed by atoms with Gasteiger partial charge in [-0.15, -0.1) is 0 Å². The van der Waals surface area contributed by atoms with Gasteiger partial charge in [0.25, 0.3) is 0 Å². The third kappa shape index (κ3) is 3.95. The Labute approximate surface area is 116 Å². The highest BCUT2D eigenvalue weighted by molar-refractivity contribution is 5.38. The molecule has 0 radical (unpaired) electrons. The number of ether oxygens (including phenoxy) is 2. The van der Waals surface area contributed by atoms with E-state index < -0.39 is 0 Å². The summed E-state index contributed by atoms with van der Waals surface area (Å²) in [5, 5.41) is 0. The summed E-state index contributed by atoms with van der Waals surface area (Å²) in [6.45, 7) is 10.00. The minimum absolute atomic E-state index is 0.0980. The molecule has 3 heteroatoms. The molecule has 0 aromatic heterocycles. The first-order chi connectivity index (χ1) is 8.97. The zero-order chi connectivity index (χ0) is 13.9. The van der Waals surface area contributed by atoms with Gasteiger partial charge in [0.15, 0.2) is 0 Å². The summed E-state index contributed by atoms with van der Waals surface area (Å²) in [5.41, 5.74) is 1.35. The van der Waals surface area contributed by atoms with E-state index in [1.54, 1.807) is 0 Å². The van der Waals surface area contributed by atoms with Gasteiger partial charge in [0.1, 0.15) is 18.5 Å². The quantitative estimate of drug-likeness (QED) is 0.837. The molecule has 19 heavy (non-hydrogen) atoms. The van der Waals surface area contributed by atoms with Crippen LogP contribution >= 0.6 is 0 Å². The van der Waals surface area contributed by atoms with E-state index in [0.717, 1.165) is 25.4 Å². The minimum Gasteiger partial charge on any atom is -0.491 e. The molecule has 1 aromatic carbocycles. The van der Waals surface area contributed by atoms with E-state index in [1.165, 1.54) is 5.56 Å². The van der Waals surface area contributed by atoms with E-state index in [4.69, 9.17) is 9.47 Å². The average molecular weight is 263 g/mol. The third-order valence-corrected chi connectivity index (χ3v) is 3.46. The van der Waals surface area contributed by atoms with Gasteiger partial charge in [-0.1, -0.05) is 39.0 Å². The van der Waals surface area contributed by atoms with E-state index in [9.17, 15) is 0 Å². The normalized spacial score (nSPS) is 21.4. The molecule has 1 fully saturated rings. The standard InChI is InChI=1S/C16H25NO2/c1-16(2,3)14-7-5-6-8-15(14)19-12-13-11-17(4)9-10-18-13/h5-8,13H,9-12H2,1-4H3. The number of nitrogens with zero attached hydrogens (tertiary/aromatic N) is 1. The van der Waals surface area contributed by atoms with Gasteiger partial charge in [0.2, 0.25) is 0 Å². The van der Waals surface area contributed by atoms with Crippen LogP contribution in [0.2, 0.25) is 0 Å². The summed E-state index contributed by atoms with van der Waals surface area (Å²) in [7, 11) is 2.12. The van der Waals surface area contributed by atoms with Gasteiger partial charge >= 0.3 is 0 Å². The van der Waals surface area contributed by atoms with Crippen LogP contribution in [-0.2, 0) is 10.2 Å².